The zero-order chi connectivity index (χ0) is 20.0. The van der Waals surface area contributed by atoms with Gasteiger partial charge in [0, 0.05) is 26.6 Å². The van der Waals surface area contributed by atoms with Crippen molar-refractivity contribution in [2.45, 2.75) is 16.3 Å². The number of nitrogens with zero attached hydrogens (tertiary/aromatic N) is 3. The predicted molar refractivity (Wildman–Crippen MR) is 105 cm³/mol. The second-order valence-corrected chi connectivity index (χ2v) is 10.6. The van der Waals surface area contributed by atoms with E-state index in [1.165, 1.54) is 18.2 Å². The van der Waals surface area contributed by atoms with Crippen molar-refractivity contribution >= 4 is 36.4 Å². The van der Waals surface area contributed by atoms with Gasteiger partial charge in [0.25, 0.3) is 0 Å². The first-order chi connectivity index (χ1) is 12.5. The Kier molecular flexibility index (Phi) is 4.77. The summed E-state index contributed by atoms with van der Waals surface area (Å²) in [4.78, 5) is 6.31. The van der Waals surface area contributed by atoms with E-state index >= 15 is 0 Å². The number of para-hydroxylation sites is 2. The first-order valence-corrected chi connectivity index (χ1v) is 11.9. The van der Waals surface area contributed by atoms with Gasteiger partial charge in [0.2, 0.25) is 0 Å². The van der Waals surface area contributed by atoms with E-state index < -0.39 is 19.7 Å². The van der Waals surface area contributed by atoms with Crippen LogP contribution < -0.4 is 4.90 Å². The van der Waals surface area contributed by atoms with Crippen LogP contribution >= 0.6 is 0 Å². The Hall–Kier alpha value is -2.39. The highest BCUT2D eigenvalue weighted by atomic mass is 32.2. The lowest BCUT2D eigenvalue weighted by molar-refractivity contribution is 0.599. The van der Waals surface area contributed by atoms with Crippen molar-refractivity contribution in [2.75, 3.05) is 24.5 Å². The van der Waals surface area contributed by atoms with Crippen LogP contribution in [0.4, 0.5) is 5.69 Å². The van der Waals surface area contributed by atoms with Gasteiger partial charge in [-0.15, -0.1) is 0 Å². The number of rotatable bonds is 5. The minimum atomic E-state index is -3.62. The average Bonchev–Trinajstić information content (AvgIpc) is 2.89. The van der Waals surface area contributed by atoms with E-state index in [2.05, 4.69) is 4.98 Å². The number of sulfone groups is 2. The van der Waals surface area contributed by atoms with Crippen molar-refractivity contribution in [3.8, 4) is 0 Å². The highest BCUT2D eigenvalue weighted by Gasteiger charge is 2.21. The van der Waals surface area contributed by atoms with Crippen LogP contribution in [0.1, 0.15) is 5.82 Å². The summed E-state index contributed by atoms with van der Waals surface area (Å²) >= 11 is 0. The molecule has 0 aliphatic carbocycles. The Morgan fingerprint density at radius 3 is 2.26 bits per heavy atom. The Labute approximate surface area is 159 Å². The lowest BCUT2D eigenvalue weighted by atomic mass is 10.3. The molecule has 0 saturated carbocycles. The van der Waals surface area contributed by atoms with Gasteiger partial charge in [-0.2, -0.15) is 0 Å². The summed E-state index contributed by atoms with van der Waals surface area (Å²) in [5, 5.41) is 0. The quantitative estimate of drug-likeness (QED) is 0.643. The number of benzene rings is 2. The molecule has 0 atom stereocenters. The SMILES string of the molecule is CN(Cc1nc2ccccc2n1C)c1ccc(S(C)(=O)=O)cc1S(C)(=O)=O. The Bertz CT molecular complexity index is 1230. The predicted octanol–water partition coefficient (Wildman–Crippen LogP) is 2.02. The molecular formula is C18H21N3O4S2. The van der Waals surface area contributed by atoms with Crippen LogP contribution in [0.2, 0.25) is 0 Å². The highest BCUT2D eigenvalue weighted by Crippen LogP contribution is 2.29. The summed E-state index contributed by atoms with van der Waals surface area (Å²) in [6, 6.07) is 11.9. The fourth-order valence-corrected chi connectivity index (χ4v) is 4.64. The Morgan fingerprint density at radius 2 is 1.67 bits per heavy atom. The largest absolute Gasteiger partial charge is 0.366 e. The fourth-order valence-electron chi connectivity index (χ4n) is 2.97. The molecule has 0 unspecified atom stereocenters. The van der Waals surface area contributed by atoms with Gasteiger partial charge in [-0.1, -0.05) is 12.1 Å². The van der Waals surface area contributed by atoms with Gasteiger partial charge >= 0.3 is 0 Å². The summed E-state index contributed by atoms with van der Waals surface area (Å²) in [6.45, 7) is 0.367. The monoisotopic (exact) mass is 407 g/mol. The molecule has 1 heterocycles. The van der Waals surface area contributed by atoms with E-state index in [1.807, 2.05) is 35.9 Å². The standard InChI is InChI=1S/C18H21N3O4S2/c1-20(12-18-19-14-7-5-6-8-15(14)21(18)2)16-10-9-13(26(3,22)23)11-17(16)27(4,24)25/h5-11H,12H2,1-4H3. The molecule has 3 aromatic rings. The minimum absolute atomic E-state index is 0.0216. The maximum atomic E-state index is 12.3. The number of hydrogen-bond acceptors (Lipinski definition) is 6. The Balaban J connectivity index is 2.05. The number of anilines is 1. The van der Waals surface area contributed by atoms with Crippen molar-refractivity contribution in [3.05, 3.63) is 48.3 Å². The number of aromatic nitrogens is 2. The van der Waals surface area contributed by atoms with E-state index in [1.54, 1.807) is 11.9 Å². The van der Waals surface area contributed by atoms with E-state index in [9.17, 15) is 16.8 Å². The molecule has 0 amide bonds. The Morgan fingerprint density at radius 1 is 1.00 bits per heavy atom. The van der Waals surface area contributed by atoms with E-state index in [0.29, 0.717) is 12.2 Å². The molecule has 0 radical (unpaired) electrons. The van der Waals surface area contributed by atoms with Crippen molar-refractivity contribution in [1.29, 1.82) is 0 Å². The smallest absolute Gasteiger partial charge is 0.177 e. The lowest BCUT2D eigenvalue weighted by Gasteiger charge is -2.22. The van der Waals surface area contributed by atoms with Gasteiger partial charge in [-0.25, -0.2) is 21.8 Å². The van der Waals surface area contributed by atoms with E-state index in [0.717, 1.165) is 29.4 Å². The van der Waals surface area contributed by atoms with Crippen LogP contribution in [0.25, 0.3) is 11.0 Å². The summed E-state index contributed by atoms with van der Waals surface area (Å²) in [5.41, 5.74) is 2.27. The van der Waals surface area contributed by atoms with Crippen LogP contribution in [0.3, 0.4) is 0 Å². The first-order valence-electron chi connectivity index (χ1n) is 8.14. The normalized spacial score (nSPS) is 12.4. The topological polar surface area (TPSA) is 89.3 Å². The molecule has 144 valence electrons. The average molecular weight is 408 g/mol. The molecule has 0 bridgehead atoms. The van der Waals surface area contributed by atoms with Gasteiger partial charge in [-0.3, -0.25) is 0 Å². The van der Waals surface area contributed by atoms with Crippen LogP contribution in [0.15, 0.2) is 52.3 Å². The molecule has 3 rings (SSSR count). The van der Waals surface area contributed by atoms with Crippen molar-refractivity contribution in [1.82, 2.24) is 9.55 Å². The summed E-state index contributed by atoms with van der Waals surface area (Å²) < 4.78 is 50.1. The van der Waals surface area contributed by atoms with Crippen LogP contribution in [-0.2, 0) is 33.3 Å². The summed E-state index contributed by atoms with van der Waals surface area (Å²) in [7, 11) is -3.47. The van der Waals surface area contributed by atoms with Crippen LogP contribution in [-0.4, -0.2) is 45.9 Å². The molecule has 0 aliphatic heterocycles. The van der Waals surface area contributed by atoms with Gasteiger partial charge in [0.1, 0.15) is 5.82 Å². The summed E-state index contributed by atoms with van der Waals surface area (Å²) in [5.74, 6) is 0.769. The first kappa shape index (κ1) is 19.4. The van der Waals surface area contributed by atoms with E-state index in [4.69, 9.17) is 0 Å². The third kappa shape index (κ3) is 3.84. The third-order valence-electron chi connectivity index (χ3n) is 4.43. The number of imidazole rings is 1. The molecule has 1 aromatic heterocycles. The second-order valence-electron chi connectivity index (χ2n) is 6.61. The van der Waals surface area contributed by atoms with Crippen LogP contribution in [0, 0.1) is 0 Å². The van der Waals surface area contributed by atoms with Gasteiger partial charge in [-0.05, 0) is 30.3 Å². The van der Waals surface area contributed by atoms with Crippen LogP contribution in [0.5, 0.6) is 0 Å². The highest BCUT2D eigenvalue weighted by molar-refractivity contribution is 7.91. The molecule has 9 heteroatoms. The number of hydrogen-bond donors (Lipinski definition) is 0. The zero-order valence-electron chi connectivity index (χ0n) is 15.5. The van der Waals surface area contributed by atoms with Crippen molar-refractivity contribution < 1.29 is 16.8 Å². The van der Waals surface area contributed by atoms with Gasteiger partial charge in [0.15, 0.2) is 19.7 Å². The molecule has 0 aliphatic rings. The maximum absolute atomic E-state index is 12.3. The third-order valence-corrected chi connectivity index (χ3v) is 6.66. The molecule has 7 nitrogen and oxygen atoms in total. The molecule has 2 aromatic carbocycles. The molecule has 0 N–H and O–H groups in total. The summed E-state index contributed by atoms with van der Waals surface area (Å²) in [6.07, 6.45) is 2.12. The van der Waals surface area contributed by atoms with Gasteiger partial charge < -0.3 is 9.47 Å². The minimum Gasteiger partial charge on any atom is -0.366 e. The molecule has 0 spiro atoms. The maximum Gasteiger partial charge on any atom is 0.177 e. The molecule has 0 fully saturated rings. The second kappa shape index (κ2) is 6.65. The molecular weight excluding hydrogens is 386 g/mol. The van der Waals surface area contributed by atoms with Crippen molar-refractivity contribution in [2.24, 2.45) is 7.05 Å². The fraction of sp³-hybridized carbons (Fsp3) is 0.278. The number of aryl methyl sites for hydroxylation is 1. The molecule has 27 heavy (non-hydrogen) atoms. The van der Waals surface area contributed by atoms with Crippen molar-refractivity contribution in [3.63, 3.8) is 0 Å². The van der Waals surface area contributed by atoms with E-state index in [-0.39, 0.29) is 9.79 Å². The lowest BCUT2D eigenvalue weighted by Crippen LogP contribution is -2.21. The zero-order valence-corrected chi connectivity index (χ0v) is 17.2. The number of fused-ring (bicyclic) bond motifs is 1. The van der Waals surface area contributed by atoms with Gasteiger partial charge in [0.05, 0.1) is 33.1 Å². The molecule has 0 saturated heterocycles.